The molecule has 2 rings (SSSR count). The molecule has 0 aliphatic carbocycles. The van der Waals surface area contributed by atoms with Gasteiger partial charge in [0.05, 0.1) is 0 Å². The van der Waals surface area contributed by atoms with E-state index < -0.39 is 5.97 Å². The van der Waals surface area contributed by atoms with Gasteiger partial charge in [-0.3, -0.25) is 9.59 Å². The van der Waals surface area contributed by atoms with Crippen molar-refractivity contribution < 1.29 is 19.1 Å². The summed E-state index contributed by atoms with van der Waals surface area (Å²) in [6.45, 7) is 1.22. The molecule has 22 heavy (non-hydrogen) atoms. The van der Waals surface area contributed by atoms with Crippen LogP contribution in [-0.2, 0) is 4.79 Å². The van der Waals surface area contributed by atoms with Gasteiger partial charge >= 0.3 is 5.97 Å². The van der Waals surface area contributed by atoms with E-state index >= 15 is 0 Å². The van der Waals surface area contributed by atoms with Gasteiger partial charge in [0, 0.05) is 11.1 Å². The molecular weight excluding hydrogens is 282 g/mol. The molecule has 0 radical (unpaired) electrons. The van der Waals surface area contributed by atoms with Gasteiger partial charge < -0.3 is 10.1 Å². The number of amides is 1. The minimum atomic E-state index is -0.583. The number of ketones is 1. The topological polar surface area (TPSA) is 72.5 Å². The Balaban J connectivity index is 1.85. The quantitative estimate of drug-likeness (QED) is 0.522. The van der Waals surface area contributed by atoms with Gasteiger partial charge in [0.25, 0.3) is 5.91 Å². The van der Waals surface area contributed by atoms with Crippen molar-refractivity contribution in [1.29, 1.82) is 0 Å². The number of hydrogen-bond donors (Lipinski definition) is 1. The number of esters is 1. The van der Waals surface area contributed by atoms with E-state index in [0.717, 1.165) is 0 Å². The second-order valence-corrected chi connectivity index (χ2v) is 4.60. The largest absolute Gasteiger partial charge is 0.425 e. The third-order valence-electron chi connectivity index (χ3n) is 2.92. The zero-order chi connectivity index (χ0) is 15.9. The van der Waals surface area contributed by atoms with Crippen LogP contribution in [0.2, 0.25) is 0 Å². The van der Waals surface area contributed by atoms with Crippen LogP contribution in [0.3, 0.4) is 0 Å². The van der Waals surface area contributed by atoms with Crippen molar-refractivity contribution in [1.82, 2.24) is 5.32 Å². The van der Waals surface area contributed by atoms with Crippen LogP contribution < -0.4 is 10.1 Å². The van der Waals surface area contributed by atoms with Crippen molar-refractivity contribution in [2.75, 3.05) is 6.54 Å². The van der Waals surface area contributed by atoms with Gasteiger partial charge in [-0.05, 0) is 43.3 Å². The maximum absolute atomic E-state index is 11.8. The van der Waals surface area contributed by atoms with Crippen LogP contribution in [0.4, 0.5) is 0 Å². The van der Waals surface area contributed by atoms with E-state index in [-0.39, 0.29) is 18.2 Å². The molecule has 0 saturated carbocycles. The molecule has 0 aromatic heterocycles. The molecule has 5 nitrogen and oxygen atoms in total. The third-order valence-corrected chi connectivity index (χ3v) is 2.92. The number of benzene rings is 2. The highest BCUT2D eigenvalue weighted by molar-refractivity contribution is 5.96. The zero-order valence-electron chi connectivity index (χ0n) is 12.0. The summed E-state index contributed by atoms with van der Waals surface area (Å²) in [5.41, 5.74) is 1.01. The molecule has 0 aliphatic rings. The van der Waals surface area contributed by atoms with Crippen LogP contribution in [0.1, 0.15) is 27.6 Å². The Hall–Kier alpha value is -2.95. The molecule has 1 amide bonds. The maximum Gasteiger partial charge on any atom is 0.330 e. The Labute approximate surface area is 127 Å². The summed E-state index contributed by atoms with van der Waals surface area (Å²) in [5.74, 6) is -0.665. The normalized spacial score (nSPS) is 9.86. The van der Waals surface area contributed by atoms with Gasteiger partial charge in [-0.2, -0.15) is 0 Å². The fourth-order valence-electron chi connectivity index (χ4n) is 1.77. The zero-order valence-corrected chi connectivity index (χ0v) is 12.0. The first-order chi connectivity index (χ1) is 10.6. The molecule has 0 fully saturated rings. The fraction of sp³-hybridized carbons (Fsp3) is 0.118. The second kappa shape index (κ2) is 7.17. The van der Waals surface area contributed by atoms with Crippen molar-refractivity contribution in [3.63, 3.8) is 0 Å². The molecule has 5 heteroatoms. The lowest BCUT2D eigenvalue weighted by Crippen LogP contribution is -2.31. The molecule has 1 N–H and O–H groups in total. The molecule has 0 aliphatic heterocycles. The highest BCUT2D eigenvalue weighted by atomic mass is 16.5. The lowest BCUT2D eigenvalue weighted by atomic mass is 10.1. The SMILES string of the molecule is CC(=O)c1ccc(OC(=O)CNC(=O)c2ccccc2)cc1. The standard InChI is InChI=1S/C17H15NO4/c1-12(19)13-7-9-15(10-8-13)22-16(20)11-18-17(21)14-5-3-2-4-6-14/h2-10H,11H2,1H3,(H,18,21). The van der Waals surface area contributed by atoms with E-state index in [9.17, 15) is 14.4 Å². The molecule has 0 heterocycles. The first-order valence-corrected chi connectivity index (χ1v) is 6.71. The number of hydrogen-bond acceptors (Lipinski definition) is 4. The van der Waals surface area contributed by atoms with Crippen molar-refractivity contribution in [3.05, 3.63) is 65.7 Å². The molecule has 0 spiro atoms. The molecule has 2 aromatic rings. The van der Waals surface area contributed by atoms with Crippen molar-refractivity contribution >= 4 is 17.7 Å². The smallest absolute Gasteiger partial charge is 0.330 e. The van der Waals surface area contributed by atoms with Crippen LogP contribution >= 0.6 is 0 Å². The van der Waals surface area contributed by atoms with E-state index in [1.807, 2.05) is 0 Å². The summed E-state index contributed by atoms with van der Waals surface area (Å²) >= 11 is 0. The fourth-order valence-corrected chi connectivity index (χ4v) is 1.77. The highest BCUT2D eigenvalue weighted by Gasteiger charge is 2.09. The van der Waals surface area contributed by atoms with Crippen LogP contribution in [0.15, 0.2) is 54.6 Å². The molecule has 112 valence electrons. The Morgan fingerprint density at radius 2 is 1.55 bits per heavy atom. The molecule has 0 unspecified atom stereocenters. The van der Waals surface area contributed by atoms with E-state index in [1.54, 1.807) is 42.5 Å². The third kappa shape index (κ3) is 4.28. The average Bonchev–Trinajstić information content (AvgIpc) is 2.54. The summed E-state index contributed by atoms with van der Waals surface area (Å²) < 4.78 is 5.07. The minimum Gasteiger partial charge on any atom is -0.425 e. The van der Waals surface area contributed by atoms with E-state index in [1.165, 1.54) is 19.1 Å². The van der Waals surface area contributed by atoms with E-state index in [4.69, 9.17) is 4.74 Å². The van der Waals surface area contributed by atoms with Crippen LogP contribution in [-0.4, -0.2) is 24.2 Å². The van der Waals surface area contributed by atoms with Gasteiger partial charge in [-0.1, -0.05) is 18.2 Å². The number of rotatable bonds is 5. The molecule has 0 saturated heterocycles. The second-order valence-electron chi connectivity index (χ2n) is 4.60. The minimum absolute atomic E-state index is 0.0620. The number of ether oxygens (including phenoxy) is 1. The molecular formula is C17H15NO4. The predicted octanol–water partition coefficient (Wildman–Crippen LogP) is 2.22. The summed E-state index contributed by atoms with van der Waals surface area (Å²) in [4.78, 5) is 34.6. The summed E-state index contributed by atoms with van der Waals surface area (Å²) in [5, 5.41) is 2.48. The maximum atomic E-state index is 11.8. The lowest BCUT2D eigenvalue weighted by molar-refractivity contribution is -0.133. The van der Waals surface area contributed by atoms with Gasteiger partial charge in [0.2, 0.25) is 0 Å². The summed E-state index contributed by atoms with van der Waals surface area (Å²) in [6.07, 6.45) is 0. The summed E-state index contributed by atoms with van der Waals surface area (Å²) in [6, 6.07) is 14.8. The Bertz CT molecular complexity index is 678. The van der Waals surface area contributed by atoms with Gasteiger partial charge in [-0.15, -0.1) is 0 Å². The average molecular weight is 297 g/mol. The van der Waals surface area contributed by atoms with Gasteiger partial charge in [0.1, 0.15) is 12.3 Å². The number of nitrogens with one attached hydrogen (secondary N) is 1. The van der Waals surface area contributed by atoms with Gasteiger partial charge in [0.15, 0.2) is 5.78 Å². The van der Waals surface area contributed by atoms with Crippen molar-refractivity contribution in [2.45, 2.75) is 6.92 Å². The predicted molar refractivity (Wildman–Crippen MR) is 80.9 cm³/mol. The van der Waals surface area contributed by atoms with Gasteiger partial charge in [-0.25, -0.2) is 4.79 Å². The Morgan fingerprint density at radius 3 is 2.14 bits per heavy atom. The first kappa shape index (κ1) is 15.4. The lowest BCUT2D eigenvalue weighted by Gasteiger charge is -2.06. The van der Waals surface area contributed by atoms with E-state index in [2.05, 4.69) is 5.32 Å². The monoisotopic (exact) mass is 297 g/mol. The molecule has 0 atom stereocenters. The Morgan fingerprint density at radius 1 is 0.909 bits per heavy atom. The first-order valence-electron chi connectivity index (χ1n) is 6.71. The number of carbonyl (C=O) groups is 3. The van der Waals surface area contributed by atoms with E-state index in [0.29, 0.717) is 16.9 Å². The Kier molecular flexibility index (Phi) is 5.03. The van der Waals surface area contributed by atoms with Crippen LogP contribution in [0.25, 0.3) is 0 Å². The van der Waals surface area contributed by atoms with Crippen LogP contribution in [0.5, 0.6) is 5.75 Å². The number of carbonyl (C=O) groups excluding carboxylic acids is 3. The van der Waals surface area contributed by atoms with Crippen LogP contribution in [0, 0.1) is 0 Å². The van der Waals surface area contributed by atoms with Crippen molar-refractivity contribution in [2.24, 2.45) is 0 Å². The molecule has 2 aromatic carbocycles. The highest BCUT2D eigenvalue weighted by Crippen LogP contribution is 2.12. The van der Waals surface area contributed by atoms with Crippen molar-refractivity contribution in [3.8, 4) is 5.75 Å². The molecule has 0 bridgehead atoms. The number of Topliss-reactive ketones (excluding diaryl/α,β-unsaturated/α-hetero) is 1. The summed E-state index contributed by atoms with van der Waals surface area (Å²) in [7, 11) is 0.